The smallest absolute Gasteiger partial charge is 0.256 e. The van der Waals surface area contributed by atoms with Gasteiger partial charge in [-0.25, -0.2) is 0 Å². The van der Waals surface area contributed by atoms with Crippen molar-refractivity contribution in [3.8, 4) is 11.3 Å². The molecule has 1 amide bonds. The van der Waals surface area contributed by atoms with Gasteiger partial charge < -0.3 is 21.4 Å². The molecule has 1 aromatic carbocycles. The summed E-state index contributed by atoms with van der Waals surface area (Å²) in [7, 11) is 0. The number of aromatic amines is 1. The van der Waals surface area contributed by atoms with Crippen molar-refractivity contribution >= 4 is 12.2 Å². The topological polar surface area (TPSA) is 100 Å². The van der Waals surface area contributed by atoms with Crippen LogP contribution in [0.15, 0.2) is 66.4 Å². The first-order chi connectivity index (χ1) is 14.8. The number of amides is 1. The number of aromatic nitrogens is 1. The van der Waals surface area contributed by atoms with Crippen LogP contribution in [0.4, 0.5) is 0 Å². The van der Waals surface area contributed by atoms with Gasteiger partial charge in [0.25, 0.3) is 5.91 Å². The minimum absolute atomic E-state index is 0. The second kappa shape index (κ2) is 13.4. The average molecular weight is 423 g/mol. The Morgan fingerprint density at radius 3 is 2.61 bits per heavy atom. The maximum atomic E-state index is 12.7. The second-order valence-corrected chi connectivity index (χ2v) is 7.53. The van der Waals surface area contributed by atoms with E-state index in [0.29, 0.717) is 0 Å². The van der Waals surface area contributed by atoms with Gasteiger partial charge in [0.1, 0.15) is 6.29 Å². The summed E-state index contributed by atoms with van der Waals surface area (Å²) < 4.78 is 0. The molecule has 6 heteroatoms. The lowest BCUT2D eigenvalue weighted by Gasteiger charge is -2.20. The van der Waals surface area contributed by atoms with Crippen LogP contribution in [0.25, 0.3) is 11.3 Å². The number of benzene rings is 1. The highest BCUT2D eigenvalue weighted by molar-refractivity contribution is 6.00. The van der Waals surface area contributed by atoms with E-state index in [1.54, 1.807) is 0 Å². The Morgan fingerprint density at radius 2 is 1.81 bits per heavy atom. The quantitative estimate of drug-likeness (QED) is 0.500. The van der Waals surface area contributed by atoms with Crippen LogP contribution in [-0.2, 0) is 4.79 Å². The second-order valence-electron chi connectivity index (χ2n) is 7.53. The Kier molecular flexibility index (Phi) is 10.5. The molecule has 0 atom stereocenters. The Hall–Kier alpha value is -2.96. The summed E-state index contributed by atoms with van der Waals surface area (Å²) in [6.07, 6.45) is 14.3. The van der Waals surface area contributed by atoms with Crippen molar-refractivity contribution in [2.45, 2.75) is 32.1 Å². The zero-order valence-corrected chi connectivity index (χ0v) is 18.2. The van der Waals surface area contributed by atoms with E-state index in [-0.39, 0.29) is 12.1 Å². The van der Waals surface area contributed by atoms with Crippen LogP contribution in [0, 0.1) is 0 Å². The van der Waals surface area contributed by atoms with Crippen molar-refractivity contribution in [3.05, 3.63) is 72.0 Å². The lowest BCUT2D eigenvalue weighted by atomic mass is 10.1. The number of rotatable bonds is 3. The summed E-state index contributed by atoms with van der Waals surface area (Å²) >= 11 is 0. The fraction of sp³-hybridized carbons (Fsp3) is 0.360. The Balaban J connectivity index is 0.000000264. The zero-order valence-electron chi connectivity index (χ0n) is 18.2. The van der Waals surface area contributed by atoms with E-state index in [0.717, 1.165) is 80.5 Å². The predicted octanol–water partition coefficient (Wildman–Crippen LogP) is 4.52. The number of carbonyl (C=O) groups is 2. The first kappa shape index (κ1) is 24.3. The minimum Gasteiger partial charge on any atom is -0.361 e. The number of aldehydes is 1. The summed E-state index contributed by atoms with van der Waals surface area (Å²) in [6, 6.07) is 11.9. The number of carbonyl (C=O) groups excluding carboxylic acids is 2. The van der Waals surface area contributed by atoms with Crippen molar-refractivity contribution in [2.75, 3.05) is 26.2 Å². The molecule has 2 heterocycles. The van der Waals surface area contributed by atoms with E-state index in [1.807, 2.05) is 53.6 Å². The highest BCUT2D eigenvalue weighted by atomic mass is 16.2. The van der Waals surface area contributed by atoms with Gasteiger partial charge in [-0.15, -0.1) is 0 Å². The first-order valence-corrected chi connectivity index (χ1v) is 10.8. The SMILES string of the molecule is N.O=C(c1cc[nH]c1-c1ccccc1)N1CCCNCC1.O=C/C1=C/CCC/C=C\C1. The van der Waals surface area contributed by atoms with Crippen molar-refractivity contribution in [3.63, 3.8) is 0 Å². The first-order valence-electron chi connectivity index (χ1n) is 10.8. The van der Waals surface area contributed by atoms with Crippen LogP contribution in [0.3, 0.4) is 0 Å². The van der Waals surface area contributed by atoms with Gasteiger partial charge in [0, 0.05) is 25.8 Å². The van der Waals surface area contributed by atoms with Crippen LogP contribution in [-0.4, -0.2) is 48.3 Å². The summed E-state index contributed by atoms with van der Waals surface area (Å²) in [5.41, 5.74) is 3.65. The maximum Gasteiger partial charge on any atom is 0.256 e. The third kappa shape index (κ3) is 7.35. The summed E-state index contributed by atoms with van der Waals surface area (Å²) in [5, 5.41) is 3.32. The van der Waals surface area contributed by atoms with Gasteiger partial charge in [-0.1, -0.05) is 48.6 Å². The molecule has 1 aliphatic heterocycles. The fourth-order valence-corrected chi connectivity index (χ4v) is 3.65. The number of hydrogen-bond acceptors (Lipinski definition) is 4. The lowest BCUT2D eigenvalue weighted by molar-refractivity contribution is -0.105. The molecule has 0 unspecified atom stereocenters. The van der Waals surface area contributed by atoms with Gasteiger partial charge in [0.05, 0.1) is 11.3 Å². The van der Waals surface area contributed by atoms with Crippen LogP contribution < -0.4 is 11.5 Å². The predicted molar refractivity (Wildman–Crippen MR) is 126 cm³/mol. The Morgan fingerprint density at radius 1 is 0.968 bits per heavy atom. The van der Waals surface area contributed by atoms with Crippen LogP contribution in [0.1, 0.15) is 42.5 Å². The molecule has 1 aromatic heterocycles. The van der Waals surface area contributed by atoms with E-state index < -0.39 is 0 Å². The third-order valence-corrected chi connectivity index (χ3v) is 5.32. The lowest BCUT2D eigenvalue weighted by Crippen LogP contribution is -2.34. The van der Waals surface area contributed by atoms with Crippen molar-refractivity contribution in [2.24, 2.45) is 0 Å². The summed E-state index contributed by atoms with van der Waals surface area (Å²) in [4.78, 5) is 28.1. The van der Waals surface area contributed by atoms with Crippen molar-refractivity contribution in [1.29, 1.82) is 0 Å². The Labute approximate surface area is 185 Å². The molecule has 1 fully saturated rings. The standard InChI is InChI=1S/C16H19N3O.C9H12O.H3N/c20-16(19-11-4-8-17-10-12-19)14-7-9-18-15(14)13-5-2-1-3-6-13;10-8-9-6-4-2-1-3-5-7-9;/h1-3,5-7,9,17-18H,4,8,10-12H2;2,4,7-8H,1,3,5-6H2;1H3/b;4-2-,9-7+;. The molecule has 2 aromatic rings. The van der Waals surface area contributed by atoms with Gasteiger partial charge >= 0.3 is 0 Å². The number of nitrogens with one attached hydrogen (secondary N) is 2. The minimum atomic E-state index is 0. The molecule has 5 N–H and O–H groups in total. The molecule has 31 heavy (non-hydrogen) atoms. The monoisotopic (exact) mass is 422 g/mol. The van der Waals surface area contributed by atoms with Gasteiger partial charge in [0.2, 0.25) is 0 Å². The molecule has 2 aliphatic rings. The number of hydrogen-bond donors (Lipinski definition) is 3. The molecule has 0 bridgehead atoms. The van der Waals surface area contributed by atoms with Crippen molar-refractivity contribution in [1.82, 2.24) is 21.4 Å². The van der Waals surface area contributed by atoms with Crippen LogP contribution in [0.5, 0.6) is 0 Å². The number of nitrogens with zero attached hydrogens (tertiary/aromatic N) is 1. The van der Waals surface area contributed by atoms with E-state index in [4.69, 9.17) is 0 Å². The zero-order chi connectivity index (χ0) is 21.0. The van der Waals surface area contributed by atoms with Gasteiger partial charge in [-0.3, -0.25) is 9.59 Å². The highest BCUT2D eigenvalue weighted by Gasteiger charge is 2.21. The van der Waals surface area contributed by atoms with Crippen molar-refractivity contribution < 1.29 is 9.59 Å². The van der Waals surface area contributed by atoms with E-state index in [9.17, 15) is 9.59 Å². The highest BCUT2D eigenvalue weighted by Crippen LogP contribution is 2.23. The van der Waals surface area contributed by atoms with Gasteiger partial charge in [-0.2, -0.15) is 0 Å². The molecule has 6 nitrogen and oxygen atoms in total. The average Bonchev–Trinajstić information content (AvgIpc) is 3.09. The Bertz CT molecular complexity index is 863. The molecule has 0 radical (unpaired) electrons. The molecule has 4 rings (SSSR count). The maximum absolute atomic E-state index is 12.7. The van der Waals surface area contributed by atoms with E-state index >= 15 is 0 Å². The molecule has 0 spiro atoms. The van der Waals surface area contributed by atoms with Gasteiger partial charge in [-0.05, 0) is 55.9 Å². The largest absolute Gasteiger partial charge is 0.361 e. The molecule has 166 valence electrons. The number of H-pyrrole nitrogens is 1. The summed E-state index contributed by atoms with van der Waals surface area (Å²) in [6.45, 7) is 3.46. The molecular weight excluding hydrogens is 388 g/mol. The van der Waals surface area contributed by atoms with Gasteiger partial charge in [0.15, 0.2) is 0 Å². The number of allylic oxidation sites excluding steroid dienone is 4. The molecule has 1 aliphatic carbocycles. The van der Waals surface area contributed by atoms with E-state index in [1.165, 1.54) is 6.42 Å². The third-order valence-electron chi connectivity index (χ3n) is 5.32. The van der Waals surface area contributed by atoms with Crippen LogP contribution >= 0.6 is 0 Å². The molecule has 0 saturated carbocycles. The normalized spacial score (nSPS) is 19.1. The fourth-order valence-electron chi connectivity index (χ4n) is 3.65. The summed E-state index contributed by atoms with van der Waals surface area (Å²) in [5.74, 6) is 0.119. The van der Waals surface area contributed by atoms with E-state index in [2.05, 4.69) is 22.5 Å². The van der Waals surface area contributed by atoms with Crippen LogP contribution in [0.2, 0.25) is 0 Å². The molecular formula is C25H34N4O2. The molecule has 1 saturated heterocycles.